The molecule has 3 nitrogen and oxygen atoms in total. The Kier molecular flexibility index (Phi) is 3.74. The first kappa shape index (κ1) is 14.5. The summed E-state index contributed by atoms with van der Waals surface area (Å²) in [6.07, 6.45) is 2.24. The summed E-state index contributed by atoms with van der Waals surface area (Å²) in [6.45, 7) is 2.59. The summed E-state index contributed by atoms with van der Waals surface area (Å²) in [7, 11) is 1.87. The number of hydrogen-bond donors (Lipinski definition) is 1. The third-order valence-electron chi connectivity index (χ3n) is 5.02. The van der Waals surface area contributed by atoms with Gasteiger partial charge in [0.25, 0.3) is 0 Å². The van der Waals surface area contributed by atoms with Gasteiger partial charge in [0.2, 0.25) is 5.91 Å². The van der Waals surface area contributed by atoms with Gasteiger partial charge in [-0.2, -0.15) is 0 Å². The lowest BCUT2D eigenvalue weighted by Gasteiger charge is -2.21. The number of amides is 1. The highest BCUT2D eigenvalue weighted by molar-refractivity contribution is 7.80. The number of thiocarbonyl (C=S) groups is 1. The Hall–Kier alpha value is -1.42. The maximum Gasteiger partial charge on any atom is 0.226 e. The van der Waals surface area contributed by atoms with Gasteiger partial charge in [0.1, 0.15) is 0 Å². The standard InChI is InChI=1S/C17H22N2OS/c1-10(16(18)21)9-19(2)17(20)15-13-8-7-11-5-3-4-6-12(11)14(13)15/h3-6,10,13-15H,7-9H2,1-2H3,(H2,18,21). The van der Waals surface area contributed by atoms with Gasteiger partial charge in [0, 0.05) is 25.4 Å². The molecule has 1 aromatic rings. The lowest BCUT2D eigenvalue weighted by atomic mass is 9.92. The van der Waals surface area contributed by atoms with Gasteiger partial charge in [0.05, 0.1) is 4.99 Å². The molecule has 4 heteroatoms. The van der Waals surface area contributed by atoms with Crippen LogP contribution in [0.3, 0.4) is 0 Å². The highest BCUT2D eigenvalue weighted by Gasteiger charge is 2.57. The van der Waals surface area contributed by atoms with Crippen molar-refractivity contribution >= 4 is 23.1 Å². The zero-order valence-corrected chi connectivity index (χ0v) is 13.4. The normalized spacial score (nSPS) is 27.2. The maximum absolute atomic E-state index is 12.7. The number of hydrogen-bond acceptors (Lipinski definition) is 2. The number of carbonyl (C=O) groups is 1. The van der Waals surface area contributed by atoms with Gasteiger partial charge in [-0.15, -0.1) is 0 Å². The van der Waals surface area contributed by atoms with E-state index in [1.807, 2.05) is 18.9 Å². The van der Waals surface area contributed by atoms with Gasteiger partial charge in [-0.05, 0) is 35.8 Å². The summed E-state index contributed by atoms with van der Waals surface area (Å²) in [5, 5.41) is 0. The first-order valence-corrected chi connectivity index (χ1v) is 8.03. The molecule has 0 aliphatic heterocycles. The number of nitrogens with two attached hydrogens (primary N) is 1. The zero-order valence-electron chi connectivity index (χ0n) is 12.6. The third kappa shape index (κ3) is 2.57. The Morgan fingerprint density at radius 3 is 2.90 bits per heavy atom. The predicted molar refractivity (Wildman–Crippen MR) is 88.1 cm³/mol. The fourth-order valence-corrected chi connectivity index (χ4v) is 3.82. The molecule has 0 spiro atoms. The van der Waals surface area contributed by atoms with Crippen LogP contribution in [-0.2, 0) is 11.2 Å². The first-order valence-electron chi connectivity index (χ1n) is 7.62. The van der Waals surface area contributed by atoms with Crippen molar-refractivity contribution in [3.05, 3.63) is 35.4 Å². The second kappa shape index (κ2) is 5.41. The third-order valence-corrected chi connectivity index (χ3v) is 5.43. The van der Waals surface area contributed by atoms with E-state index in [1.165, 1.54) is 11.1 Å². The van der Waals surface area contributed by atoms with Gasteiger partial charge in [-0.1, -0.05) is 43.4 Å². The molecule has 1 saturated carbocycles. The van der Waals surface area contributed by atoms with Crippen LogP contribution in [0.15, 0.2) is 24.3 Å². The van der Waals surface area contributed by atoms with Gasteiger partial charge in [-0.25, -0.2) is 0 Å². The first-order chi connectivity index (χ1) is 10.0. The number of nitrogens with zero attached hydrogens (tertiary/aromatic N) is 1. The molecule has 3 rings (SSSR count). The number of benzene rings is 1. The van der Waals surface area contributed by atoms with E-state index in [1.54, 1.807) is 0 Å². The molecule has 2 N–H and O–H groups in total. The Balaban J connectivity index is 1.70. The average molecular weight is 302 g/mol. The molecule has 2 aliphatic carbocycles. The summed E-state index contributed by atoms with van der Waals surface area (Å²) in [6, 6.07) is 8.56. The summed E-state index contributed by atoms with van der Waals surface area (Å²) in [5.74, 6) is 1.46. The summed E-state index contributed by atoms with van der Waals surface area (Å²) in [4.78, 5) is 15.0. The fourth-order valence-electron chi connectivity index (χ4n) is 3.75. The van der Waals surface area contributed by atoms with Crippen molar-refractivity contribution in [3.8, 4) is 0 Å². The fraction of sp³-hybridized carbons (Fsp3) is 0.529. The number of fused-ring (bicyclic) bond motifs is 3. The summed E-state index contributed by atoms with van der Waals surface area (Å²) < 4.78 is 0. The molecule has 1 amide bonds. The molecule has 112 valence electrons. The SMILES string of the molecule is CC(CN(C)C(=O)C1C2CCc3ccccc3C21)C(N)=S. The molecule has 0 radical (unpaired) electrons. The van der Waals surface area contributed by atoms with E-state index in [-0.39, 0.29) is 17.7 Å². The molecule has 4 atom stereocenters. The Bertz CT molecular complexity index is 586. The van der Waals surface area contributed by atoms with Crippen LogP contribution in [0.4, 0.5) is 0 Å². The van der Waals surface area contributed by atoms with E-state index in [4.69, 9.17) is 18.0 Å². The Labute approximate surface area is 131 Å². The van der Waals surface area contributed by atoms with Crippen molar-refractivity contribution in [3.63, 3.8) is 0 Å². The predicted octanol–water partition coefficient (Wildman–Crippen LogP) is 2.34. The molecule has 0 aromatic heterocycles. The van der Waals surface area contributed by atoms with Gasteiger partial charge in [-0.3, -0.25) is 4.79 Å². The van der Waals surface area contributed by atoms with E-state index < -0.39 is 0 Å². The molecular formula is C17H22N2OS. The summed E-state index contributed by atoms with van der Waals surface area (Å²) >= 11 is 5.00. The second-order valence-electron chi connectivity index (χ2n) is 6.48. The smallest absolute Gasteiger partial charge is 0.226 e. The van der Waals surface area contributed by atoms with Crippen molar-refractivity contribution in [1.82, 2.24) is 4.90 Å². The monoisotopic (exact) mass is 302 g/mol. The van der Waals surface area contributed by atoms with Gasteiger partial charge < -0.3 is 10.6 Å². The maximum atomic E-state index is 12.7. The van der Waals surface area contributed by atoms with Crippen LogP contribution in [0.5, 0.6) is 0 Å². The zero-order chi connectivity index (χ0) is 15.1. The van der Waals surface area contributed by atoms with Crippen LogP contribution < -0.4 is 5.73 Å². The van der Waals surface area contributed by atoms with Crippen molar-refractivity contribution < 1.29 is 4.79 Å². The lowest BCUT2D eigenvalue weighted by molar-refractivity contribution is -0.131. The van der Waals surface area contributed by atoms with E-state index in [2.05, 4.69) is 24.3 Å². The van der Waals surface area contributed by atoms with E-state index in [0.29, 0.717) is 23.4 Å². The van der Waals surface area contributed by atoms with Gasteiger partial charge in [0.15, 0.2) is 0 Å². The highest BCUT2D eigenvalue weighted by Crippen LogP contribution is 2.60. The molecule has 1 aromatic carbocycles. The molecule has 0 bridgehead atoms. The molecule has 1 fully saturated rings. The minimum absolute atomic E-state index is 0.0713. The van der Waals surface area contributed by atoms with Crippen molar-refractivity contribution in [1.29, 1.82) is 0 Å². The molecule has 0 heterocycles. The minimum atomic E-state index is 0.0713. The van der Waals surface area contributed by atoms with E-state index >= 15 is 0 Å². The largest absolute Gasteiger partial charge is 0.393 e. The Morgan fingerprint density at radius 2 is 2.19 bits per heavy atom. The van der Waals surface area contributed by atoms with Crippen LogP contribution in [-0.4, -0.2) is 29.4 Å². The van der Waals surface area contributed by atoms with Crippen molar-refractivity contribution in [2.45, 2.75) is 25.7 Å². The minimum Gasteiger partial charge on any atom is -0.393 e. The van der Waals surface area contributed by atoms with Crippen LogP contribution in [0, 0.1) is 17.8 Å². The molecule has 0 saturated heterocycles. The highest BCUT2D eigenvalue weighted by atomic mass is 32.1. The molecular weight excluding hydrogens is 280 g/mol. The lowest BCUT2D eigenvalue weighted by Crippen LogP contribution is -2.36. The number of rotatable bonds is 4. The van der Waals surface area contributed by atoms with E-state index in [0.717, 1.165) is 12.8 Å². The quantitative estimate of drug-likeness (QED) is 0.868. The van der Waals surface area contributed by atoms with E-state index in [9.17, 15) is 4.79 Å². The van der Waals surface area contributed by atoms with Crippen LogP contribution in [0.1, 0.15) is 30.4 Å². The molecule has 21 heavy (non-hydrogen) atoms. The summed E-state index contributed by atoms with van der Waals surface area (Å²) in [5.41, 5.74) is 8.47. The number of carbonyl (C=O) groups excluding carboxylic acids is 1. The van der Waals surface area contributed by atoms with Crippen molar-refractivity contribution in [2.24, 2.45) is 23.5 Å². The molecule has 4 unspecified atom stereocenters. The number of aryl methyl sites for hydroxylation is 1. The van der Waals surface area contributed by atoms with Crippen LogP contribution in [0.25, 0.3) is 0 Å². The molecule has 2 aliphatic rings. The van der Waals surface area contributed by atoms with Crippen LogP contribution in [0.2, 0.25) is 0 Å². The second-order valence-corrected chi connectivity index (χ2v) is 6.95. The van der Waals surface area contributed by atoms with Gasteiger partial charge >= 0.3 is 0 Å². The van der Waals surface area contributed by atoms with Crippen molar-refractivity contribution in [2.75, 3.05) is 13.6 Å². The Morgan fingerprint density at radius 1 is 1.48 bits per heavy atom. The topological polar surface area (TPSA) is 46.3 Å². The average Bonchev–Trinajstić information content (AvgIpc) is 3.21. The van der Waals surface area contributed by atoms with Crippen LogP contribution >= 0.6 is 12.2 Å².